The SMILES string of the molecule is CC/C=C\C/C=C\C/C=C\C/C=C\C/C=C\CCCCCCCC(=O)NCCOP(=O)(O)OCC(O)COC(=O)CCCC. The van der Waals surface area contributed by atoms with Crippen molar-refractivity contribution in [2.24, 2.45) is 0 Å². The third-order valence-electron chi connectivity index (χ3n) is 6.21. The zero-order valence-corrected chi connectivity index (χ0v) is 28.0. The number of aliphatic hydroxyl groups excluding tert-OH is 1. The van der Waals surface area contributed by atoms with Crippen LogP contribution in [0.25, 0.3) is 0 Å². The Bertz CT molecular complexity index is 913. The molecule has 1 amide bonds. The molecule has 0 aliphatic rings. The van der Waals surface area contributed by atoms with Crippen LogP contribution in [-0.2, 0) is 27.9 Å². The normalized spacial score (nSPS) is 14.4. The van der Waals surface area contributed by atoms with Crippen molar-refractivity contribution >= 4 is 19.7 Å². The molecule has 252 valence electrons. The van der Waals surface area contributed by atoms with Crippen LogP contribution in [0.4, 0.5) is 0 Å². The molecule has 0 aromatic carbocycles. The van der Waals surface area contributed by atoms with Gasteiger partial charge in [-0.05, 0) is 57.8 Å². The molecule has 44 heavy (non-hydrogen) atoms. The number of unbranched alkanes of at least 4 members (excludes halogenated alkanes) is 6. The molecule has 0 radical (unpaired) electrons. The summed E-state index contributed by atoms with van der Waals surface area (Å²) < 4.78 is 26.3. The van der Waals surface area contributed by atoms with Crippen LogP contribution in [0.5, 0.6) is 0 Å². The molecule has 2 atom stereocenters. The number of allylic oxidation sites excluding steroid dienone is 10. The van der Waals surface area contributed by atoms with E-state index in [1.54, 1.807) is 0 Å². The number of phosphoric ester groups is 1. The highest BCUT2D eigenvalue weighted by Gasteiger charge is 2.23. The predicted molar refractivity (Wildman–Crippen MR) is 178 cm³/mol. The lowest BCUT2D eigenvalue weighted by Crippen LogP contribution is -2.27. The van der Waals surface area contributed by atoms with Gasteiger partial charge in [0.15, 0.2) is 0 Å². The van der Waals surface area contributed by atoms with Crippen LogP contribution >= 0.6 is 7.82 Å². The van der Waals surface area contributed by atoms with Crippen molar-refractivity contribution in [1.82, 2.24) is 5.32 Å². The van der Waals surface area contributed by atoms with Gasteiger partial charge in [0.1, 0.15) is 12.7 Å². The van der Waals surface area contributed by atoms with Crippen molar-refractivity contribution in [3.8, 4) is 0 Å². The van der Waals surface area contributed by atoms with Crippen molar-refractivity contribution in [2.45, 2.75) is 116 Å². The Morgan fingerprint density at radius 1 is 0.727 bits per heavy atom. The highest BCUT2D eigenvalue weighted by Crippen LogP contribution is 2.42. The van der Waals surface area contributed by atoms with Crippen molar-refractivity contribution < 1.29 is 37.9 Å². The fourth-order valence-corrected chi connectivity index (χ4v) is 4.49. The standard InChI is InChI=1S/C34H58NO8P/c1-3-5-7-8-9-10-11-12-13-14-15-16-17-18-19-20-21-22-23-24-25-26-33(37)35-28-29-42-44(39,40)43-31-32(36)30-41-34(38)27-6-4-2/h5,7,9-10,12-13,15-16,18-19,32,36H,3-4,6,8,11,14,17,20-31H2,1-2H3,(H,35,37)(H,39,40)/b7-5-,10-9-,13-12-,16-15-,19-18-. The second-order valence-corrected chi connectivity index (χ2v) is 11.9. The van der Waals surface area contributed by atoms with Gasteiger partial charge >= 0.3 is 13.8 Å². The largest absolute Gasteiger partial charge is 0.472 e. The molecule has 3 N–H and O–H groups in total. The maximum Gasteiger partial charge on any atom is 0.472 e. The minimum absolute atomic E-state index is 0.0670. The summed E-state index contributed by atoms with van der Waals surface area (Å²) >= 11 is 0. The topological polar surface area (TPSA) is 131 Å². The molecule has 2 unspecified atom stereocenters. The number of phosphoric acid groups is 1. The van der Waals surface area contributed by atoms with Gasteiger partial charge in [-0.3, -0.25) is 18.6 Å². The maximum atomic E-state index is 11.9. The van der Waals surface area contributed by atoms with Gasteiger partial charge < -0.3 is 20.1 Å². The molecule has 0 saturated heterocycles. The van der Waals surface area contributed by atoms with Crippen LogP contribution in [0.3, 0.4) is 0 Å². The van der Waals surface area contributed by atoms with E-state index in [2.05, 4.69) is 73.0 Å². The summed E-state index contributed by atoms with van der Waals surface area (Å²) in [6.45, 7) is 3.09. The molecule has 0 aromatic rings. The fraction of sp³-hybridized carbons (Fsp3) is 0.647. The number of ether oxygens (including phenoxy) is 1. The van der Waals surface area contributed by atoms with Crippen LogP contribution in [0.1, 0.15) is 110 Å². The Morgan fingerprint density at radius 2 is 1.30 bits per heavy atom. The molecule has 0 aromatic heterocycles. The van der Waals surface area contributed by atoms with Crippen LogP contribution in [-0.4, -0.2) is 54.3 Å². The molecule has 0 saturated carbocycles. The Kier molecular flexibility index (Phi) is 29.1. The number of carbonyl (C=O) groups excluding carboxylic acids is 2. The smallest absolute Gasteiger partial charge is 0.463 e. The first-order valence-electron chi connectivity index (χ1n) is 16.3. The van der Waals surface area contributed by atoms with E-state index in [4.69, 9.17) is 13.8 Å². The fourth-order valence-electron chi connectivity index (χ4n) is 3.73. The van der Waals surface area contributed by atoms with E-state index >= 15 is 0 Å². The Balaban J connectivity index is 3.64. The molecule has 0 fully saturated rings. The lowest BCUT2D eigenvalue weighted by atomic mass is 10.1. The van der Waals surface area contributed by atoms with E-state index in [1.807, 2.05) is 6.92 Å². The minimum atomic E-state index is -4.40. The molecule has 10 heteroatoms. The summed E-state index contributed by atoms with van der Waals surface area (Å²) in [6.07, 6.45) is 34.2. The first kappa shape index (κ1) is 41.7. The van der Waals surface area contributed by atoms with E-state index < -0.39 is 26.5 Å². The maximum absolute atomic E-state index is 11.9. The third-order valence-corrected chi connectivity index (χ3v) is 7.20. The number of amides is 1. The predicted octanol–water partition coefficient (Wildman–Crippen LogP) is 7.81. The third kappa shape index (κ3) is 31.1. The van der Waals surface area contributed by atoms with Gasteiger partial charge in [-0.2, -0.15) is 0 Å². The molecular formula is C34H58NO8P. The average Bonchev–Trinajstić information content (AvgIpc) is 3.00. The molecule has 0 aliphatic heterocycles. The molecule has 0 rings (SSSR count). The number of nitrogens with one attached hydrogen (secondary N) is 1. The quantitative estimate of drug-likeness (QED) is 0.0327. The van der Waals surface area contributed by atoms with Crippen LogP contribution in [0.15, 0.2) is 60.8 Å². The van der Waals surface area contributed by atoms with Gasteiger partial charge in [-0.25, -0.2) is 4.57 Å². The lowest BCUT2D eigenvalue weighted by molar-refractivity contribution is -0.147. The number of carbonyl (C=O) groups is 2. The summed E-state index contributed by atoms with van der Waals surface area (Å²) in [4.78, 5) is 33.1. The Labute approximate surface area is 266 Å². The van der Waals surface area contributed by atoms with Crippen molar-refractivity contribution in [2.75, 3.05) is 26.4 Å². The lowest BCUT2D eigenvalue weighted by Gasteiger charge is -2.15. The zero-order valence-electron chi connectivity index (χ0n) is 27.1. The van der Waals surface area contributed by atoms with Crippen LogP contribution in [0, 0.1) is 0 Å². The zero-order chi connectivity index (χ0) is 32.6. The monoisotopic (exact) mass is 639 g/mol. The highest BCUT2D eigenvalue weighted by molar-refractivity contribution is 7.47. The Morgan fingerprint density at radius 3 is 1.91 bits per heavy atom. The molecule has 0 heterocycles. The number of rotatable bonds is 29. The summed E-state index contributed by atoms with van der Waals surface area (Å²) in [5, 5.41) is 12.4. The van der Waals surface area contributed by atoms with Gasteiger partial charge in [-0.15, -0.1) is 0 Å². The first-order valence-corrected chi connectivity index (χ1v) is 17.8. The minimum Gasteiger partial charge on any atom is -0.463 e. The van der Waals surface area contributed by atoms with E-state index in [-0.39, 0.29) is 32.1 Å². The summed E-state index contributed by atoms with van der Waals surface area (Å²) in [6, 6.07) is 0. The van der Waals surface area contributed by atoms with E-state index in [1.165, 1.54) is 0 Å². The van der Waals surface area contributed by atoms with E-state index in [9.17, 15) is 24.2 Å². The number of hydrogen-bond donors (Lipinski definition) is 3. The van der Waals surface area contributed by atoms with Crippen molar-refractivity contribution in [3.05, 3.63) is 60.8 Å². The van der Waals surface area contributed by atoms with Crippen LogP contribution in [0.2, 0.25) is 0 Å². The van der Waals surface area contributed by atoms with E-state index in [0.29, 0.717) is 12.8 Å². The second-order valence-electron chi connectivity index (χ2n) is 10.4. The average molecular weight is 640 g/mol. The Hall–Kier alpha value is -2.29. The van der Waals surface area contributed by atoms with Crippen molar-refractivity contribution in [1.29, 1.82) is 0 Å². The molecule has 0 spiro atoms. The van der Waals surface area contributed by atoms with Gasteiger partial charge in [0, 0.05) is 19.4 Å². The van der Waals surface area contributed by atoms with Gasteiger partial charge in [0.2, 0.25) is 5.91 Å². The second kappa shape index (κ2) is 30.7. The molecule has 9 nitrogen and oxygen atoms in total. The summed E-state index contributed by atoms with van der Waals surface area (Å²) in [5.41, 5.74) is 0. The summed E-state index contributed by atoms with van der Waals surface area (Å²) in [5.74, 6) is -0.580. The number of hydrogen-bond acceptors (Lipinski definition) is 7. The van der Waals surface area contributed by atoms with Crippen LogP contribution < -0.4 is 5.32 Å². The molecule has 0 aliphatic carbocycles. The first-order chi connectivity index (χ1) is 21.3. The number of aliphatic hydroxyl groups is 1. The summed E-state index contributed by atoms with van der Waals surface area (Å²) in [7, 11) is -4.40. The van der Waals surface area contributed by atoms with E-state index in [0.717, 1.165) is 77.0 Å². The number of esters is 1. The van der Waals surface area contributed by atoms with Gasteiger partial charge in [0.25, 0.3) is 0 Å². The molecule has 0 bridgehead atoms. The van der Waals surface area contributed by atoms with Gasteiger partial charge in [-0.1, -0.05) is 100 Å². The highest BCUT2D eigenvalue weighted by atomic mass is 31.2. The van der Waals surface area contributed by atoms with Gasteiger partial charge in [0.05, 0.1) is 13.2 Å². The van der Waals surface area contributed by atoms with Crippen molar-refractivity contribution in [3.63, 3.8) is 0 Å². The molecular weight excluding hydrogens is 581 g/mol.